The van der Waals surface area contributed by atoms with Gasteiger partial charge < -0.3 is 19.6 Å². The van der Waals surface area contributed by atoms with E-state index in [1.807, 2.05) is 29.2 Å². The van der Waals surface area contributed by atoms with Crippen molar-refractivity contribution >= 4 is 39.9 Å². The standard InChI is InChI=1S/C29H33N5O2/c1-21-18-27(30-26-7-3-2-6-25(21)26)32-14-16-33(17-15-32)29(36)22-19-28(35)34(20-22)24-10-8-23(9-11-24)31-12-4-5-13-31/h2-3,6-11,18,22H,4-5,12-17,19-20H2,1H3. The Morgan fingerprint density at radius 3 is 2.31 bits per heavy atom. The number of piperazine rings is 1. The molecule has 0 bridgehead atoms. The average molecular weight is 484 g/mol. The molecule has 3 saturated heterocycles. The molecule has 7 nitrogen and oxygen atoms in total. The second kappa shape index (κ2) is 9.45. The van der Waals surface area contributed by atoms with E-state index in [-0.39, 0.29) is 17.7 Å². The van der Waals surface area contributed by atoms with Crippen LogP contribution in [0, 0.1) is 12.8 Å². The number of carbonyl (C=O) groups is 2. The lowest BCUT2D eigenvalue weighted by Crippen LogP contribution is -2.51. The molecule has 3 fully saturated rings. The van der Waals surface area contributed by atoms with Crippen molar-refractivity contribution in [3.8, 4) is 0 Å². The number of hydrogen-bond acceptors (Lipinski definition) is 5. The molecule has 1 atom stereocenters. The van der Waals surface area contributed by atoms with Gasteiger partial charge in [-0.15, -0.1) is 0 Å². The lowest BCUT2D eigenvalue weighted by atomic mass is 10.1. The third-order valence-corrected chi connectivity index (χ3v) is 7.93. The lowest BCUT2D eigenvalue weighted by Gasteiger charge is -2.36. The van der Waals surface area contributed by atoms with Crippen LogP contribution in [0.1, 0.15) is 24.8 Å². The predicted molar refractivity (Wildman–Crippen MR) is 144 cm³/mol. The van der Waals surface area contributed by atoms with Crippen LogP contribution in [0.5, 0.6) is 0 Å². The van der Waals surface area contributed by atoms with E-state index in [1.165, 1.54) is 29.5 Å². The molecule has 2 aromatic carbocycles. The first-order chi connectivity index (χ1) is 17.6. The van der Waals surface area contributed by atoms with Crippen LogP contribution in [-0.2, 0) is 9.59 Å². The molecule has 2 amide bonds. The first kappa shape index (κ1) is 22.8. The Balaban J connectivity index is 1.08. The van der Waals surface area contributed by atoms with Crippen molar-refractivity contribution < 1.29 is 9.59 Å². The number of rotatable bonds is 4. The van der Waals surface area contributed by atoms with E-state index in [0.717, 1.165) is 43.2 Å². The summed E-state index contributed by atoms with van der Waals surface area (Å²) < 4.78 is 0. The molecule has 7 heteroatoms. The smallest absolute Gasteiger partial charge is 0.228 e. The second-order valence-corrected chi connectivity index (χ2v) is 10.2. The van der Waals surface area contributed by atoms with E-state index in [9.17, 15) is 9.59 Å². The van der Waals surface area contributed by atoms with E-state index in [1.54, 1.807) is 4.90 Å². The van der Waals surface area contributed by atoms with E-state index in [2.05, 4.69) is 47.1 Å². The minimum absolute atomic E-state index is 0.0387. The van der Waals surface area contributed by atoms with Crippen molar-refractivity contribution in [2.45, 2.75) is 26.2 Å². The zero-order valence-electron chi connectivity index (χ0n) is 20.9. The van der Waals surface area contributed by atoms with Crippen LogP contribution in [0.3, 0.4) is 0 Å². The molecule has 0 saturated carbocycles. The number of hydrogen-bond donors (Lipinski definition) is 0. The maximum atomic E-state index is 13.3. The van der Waals surface area contributed by atoms with Gasteiger partial charge in [0.15, 0.2) is 0 Å². The van der Waals surface area contributed by atoms with Gasteiger partial charge in [0.25, 0.3) is 0 Å². The highest BCUT2D eigenvalue weighted by Crippen LogP contribution is 2.30. The molecule has 36 heavy (non-hydrogen) atoms. The van der Waals surface area contributed by atoms with Crippen LogP contribution in [0.15, 0.2) is 54.6 Å². The summed E-state index contributed by atoms with van der Waals surface area (Å²) in [4.78, 5) is 39.4. The van der Waals surface area contributed by atoms with Gasteiger partial charge in [0.2, 0.25) is 11.8 Å². The SMILES string of the molecule is Cc1cc(N2CCN(C(=O)C3CC(=O)N(c4ccc(N5CCCC5)cc4)C3)CC2)nc2ccccc12. The Morgan fingerprint density at radius 2 is 1.56 bits per heavy atom. The Labute approximate surface area is 212 Å². The third kappa shape index (κ3) is 4.27. The Kier molecular flexibility index (Phi) is 5.99. The maximum absolute atomic E-state index is 13.3. The molecule has 0 aliphatic carbocycles. The second-order valence-electron chi connectivity index (χ2n) is 10.2. The summed E-state index contributed by atoms with van der Waals surface area (Å²) >= 11 is 0. The Morgan fingerprint density at radius 1 is 0.861 bits per heavy atom. The minimum atomic E-state index is -0.275. The number of carbonyl (C=O) groups excluding carboxylic acids is 2. The largest absolute Gasteiger partial charge is 0.372 e. The molecule has 0 spiro atoms. The van der Waals surface area contributed by atoms with Gasteiger partial charge >= 0.3 is 0 Å². The van der Waals surface area contributed by atoms with Crippen molar-refractivity contribution in [3.05, 3.63) is 60.2 Å². The van der Waals surface area contributed by atoms with Crippen molar-refractivity contribution in [1.29, 1.82) is 0 Å². The Bertz CT molecular complexity index is 1280. The topological polar surface area (TPSA) is 60.0 Å². The van der Waals surface area contributed by atoms with Crippen molar-refractivity contribution in [2.75, 3.05) is 60.5 Å². The van der Waals surface area contributed by atoms with E-state index in [0.29, 0.717) is 26.1 Å². The molecular formula is C29H33N5O2. The molecule has 0 N–H and O–H groups in total. The van der Waals surface area contributed by atoms with Gasteiger partial charge in [-0.05, 0) is 61.7 Å². The van der Waals surface area contributed by atoms with Crippen LogP contribution >= 0.6 is 0 Å². The fraction of sp³-hybridized carbons (Fsp3) is 0.414. The zero-order chi connectivity index (χ0) is 24.6. The number of aryl methyl sites for hydroxylation is 1. The number of amides is 2. The monoisotopic (exact) mass is 483 g/mol. The number of benzene rings is 2. The fourth-order valence-electron chi connectivity index (χ4n) is 5.85. The van der Waals surface area contributed by atoms with E-state index in [4.69, 9.17) is 4.98 Å². The zero-order valence-corrected chi connectivity index (χ0v) is 20.9. The summed E-state index contributed by atoms with van der Waals surface area (Å²) in [7, 11) is 0. The third-order valence-electron chi connectivity index (χ3n) is 7.93. The predicted octanol–water partition coefficient (Wildman–Crippen LogP) is 3.85. The highest BCUT2D eigenvalue weighted by atomic mass is 16.2. The van der Waals surface area contributed by atoms with Gasteiger partial charge in [0.05, 0.1) is 11.4 Å². The van der Waals surface area contributed by atoms with Crippen molar-refractivity contribution in [1.82, 2.24) is 9.88 Å². The van der Waals surface area contributed by atoms with Crippen LogP contribution in [0.4, 0.5) is 17.2 Å². The summed E-state index contributed by atoms with van der Waals surface area (Å²) in [6, 6.07) is 18.6. The van der Waals surface area contributed by atoms with E-state index < -0.39 is 0 Å². The molecule has 1 aromatic heterocycles. The molecule has 3 aromatic rings. The number of para-hydroxylation sites is 1. The number of nitrogens with zero attached hydrogens (tertiary/aromatic N) is 5. The number of fused-ring (bicyclic) bond motifs is 1. The molecule has 4 heterocycles. The number of aromatic nitrogens is 1. The lowest BCUT2D eigenvalue weighted by molar-refractivity contribution is -0.136. The minimum Gasteiger partial charge on any atom is -0.372 e. The summed E-state index contributed by atoms with van der Waals surface area (Å²) in [5.74, 6) is 0.833. The summed E-state index contributed by atoms with van der Waals surface area (Å²) in [5, 5.41) is 1.18. The van der Waals surface area contributed by atoms with Gasteiger partial charge in [-0.25, -0.2) is 4.98 Å². The number of anilines is 3. The molecule has 3 aliphatic heterocycles. The van der Waals surface area contributed by atoms with Crippen LogP contribution in [0.25, 0.3) is 10.9 Å². The molecule has 186 valence electrons. The average Bonchev–Trinajstić information content (AvgIpc) is 3.59. The fourth-order valence-corrected chi connectivity index (χ4v) is 5.85. The van der Waals surface area contributed by atoms with Crippen LogP contribution < -0.4 is 14.7 Å². The molecule has 3 aliphatic rings. The van der Waals surface area contributed by atoms with Gasteiger partial charge in [-0.1, -0.05) is 18.2 Å². The van der Waals surface area contributed by atoms with Gasteiger partial charge in [0.1, 0.15) is 5.82 Å². The Hall–Kier alpha value is -3.61. The molecule has 0 radical (unpaired) electrons. The van der Waals surface area contributed by atoms with Gasteiger partial charge in [-0.3, -0.25) is 9.59 Å². The van der Waals surface area contributed by atoms with Crippen molar-refractivity contribution in [2.24, 2.45) is 5.92 Å². The molecular weight excluding hydrogens is 450 g/mol. The first-order valence-corrected chi connectivity index (χ1v) is 13.1. The number of pyridine rings is 1. The van der Waals surface area contributed by atoms with E-state index >= 15 is 0 Å². The maximum Gasteiger partial charge on any atom is 0.228 e. The summed E-state index contributed by atoms with van der Waals surface area (Å²) in [5.41, 5.74) is 4.32. The quantitative estimate of drug-likeness (QED) is 0.564. The normalized spacial score (nSPS) is 20.6. The van der Waals surface area contributed by atoms with Gasteiger partial charge in [0, 0.05) is 69.0 Å². The summed E-state index contributed by atoms with van der Waals surface area (Å²) in [6.07, 6.45) is 2.77. The first-order valence-electron chi connectivity index (χ1n) is 13.1. The van der Waals surface area contributed by atoms with Crippen LogP contribution in [-0.4, -0.2) is 67.5 Å². The molecule has 6 rings (SSSR count). The highest BCUT2D eigenvalue weighted by Gasteiger charge is 2.38. The van der Waals surface area contributed by atoms with Gasteiger partial charge in [-0.2, -0.15) is 0 Å². The van der Waals surface area contributed by atoms with Crippen LogP contribution in [0.2, 0.25) is 0 Å². The van der Waals surface area contributed by atoms with Crippen molar-refractivity contribution in [3.63, 3.8) is 0 Å². The molecule has 1 unspecified atom stereocenters. The highest BCUT2D eigenvalue weighted by molar-refractivity contribution is 6.00. The summed E-state index contributed by atoms with van der Waals surface area (Å²) in [6.45, 7) is 7.59.